The zero-order valence-electron chi connectivity index (χ0n) is 16.6. The number of benzene rings is 1. The average Bonchev–Trinajstić information content (AvgIpc) is 2.68. The van der Waals surface area contributed by atoms with Gasteiger partial charge in [0.1, 0.15) is 5.75 Å². The Morgan fingerprint density at radius 2 is 1.49 bits per heavy atom. The van der Waals surface area contributed by atoms with Crippen LogP contribution in [0.2, 0.25) is 10.0 Å². The fourth-order valence-corrected chi connectivity index (χ4v) is 3.25. The zero-order chi connectivity index (χ0) is 26.6. The van der Waals surface area contributed by atoms with Crippen LogP contribution in [-0.4, -0.2) is 37.0 Å². The van der Waals surface area contributed by atoms with Gasteiger partial charge in [-0.1, -0.05) is 23.2 Å². The predicted octanol–water partition coefficient (Wildman–Crippen LogP) is 7.82. The summed E-state index contributed by atoms with van der Waals surface area (Å²) in [6, 6.07) is 2.17. The van der Waals surface area contributed by atoms with E-state index >= 15 is 0 Å². The first-order valence-corrected chi connectivity index (χ1v) is 10.5. The molecule has 0 amide bonds. The van der Waals surface area contributed by atoms with Crippen LogP contribution in [-0.2, 0) is 10.9 Å². The highest BCUT2D eigenvalue weighted by Crippen LogP contribution is 2.40. The van der Waals surface area contributed by atoms with E-state index in [1.54, 1.807) is 0 Å². The van der Waals surface area contributed by atoms with Gasteiger partial charge < -0.3 is 14.2 Å². The van der Waals surface area contributed by atoms with Crippen molar-refractivity contribution < 1.29 is 58.5 Å². The average molecular weight is 627 g/mol. The molecule has 2 rings (SSSR count). The SMILES string of the molecule is FC(OC(F)(F)F)C(F)(F)Oc1cc(Cl)c(OCCCOc2ncc(C(F)(F)F)cc2Br)c(Cl)c1. The number of hydrogen-bond donors (Lipinski definition) is 0. The lowest BCUT2D eigenvalue weighted by Crippen LogP contribution is -2.41. The van der Waals surface area contributed by atoms with Crippen LogP contribution in [0, 0.1) is 0 Å². The highest BCUT2D eigenvalue weighted by Gasteiger charge is 2.50. The molecule has 0 aliphatic carbocycles. The van der Waals surface area contributed by atoms with Crippen molar-refractivity contribution in [2.75, 3.05) is 13.2 Å². The van der Waals surface area contributed by atoms with Crippen LogP contribution < -0.4 is 14.2 Å². The minimum Gasteiger partial charge on any atom is -0.490 e. The molecule has 196 valence electrons. The summed E-state index contributed by atoms with van der Waals surface area (Å²) in [4.78, 5) is 3.55. The summed E-state index contributed by atoms with van der Waals surface area (Å²) in [7, 11) is 0. The summed E-state index contributed by atoms with van der Waals surface area (Å²) >= 11 is 14.6. The van der Waals surface area contributed by atoms with E-state index in [0.717, 1.165) is 6.07 Å². The highest BCUT2D eigenvalue weighted by atomic mass is 79.9. The van der Waals surface area contributed by atoms with E-state index < -0.39 is 46.4 Å². The van der Waals surface area contributed by atoms with Crippen LogP contribution in [0.3, 0.4) is 0 Å². The zero-order valence-corrected chi connectivity index (χ0v) is 19.7. The van der Waals surface area contributed by atoms with Crippen molar-refractivity contribution in [1.82, 2.24) is 4.98 Å². The van der Waals surface area contributed by atoms with Gasteiger partial charge in [-0.05, 0) is 22.0 Å². The lowest BCUT2D eigenvalue weighted by molar-refractivity contribution is -0.411. The molecule has 35 heavy (non-hydrogen) atoms. The van der Waals surface area contributed by atoms with E-state index in [1.807, 2.05) is 0 Å². The second kappa shape index (κ2) is 11.5. The Bertz CT molecular complexity index is 1000. The van der Waals surface area contributed by atoms with Gasteiger partial charge in [0, 0.05) is 24.8 Å². The van der Waals surface area contributed by atoms with E-state index in [4.69, 9.17) is 32.7 Å². The van der Waals surface area contributed by atoms with Crippen LogP contribution in [0.15, 0.2) is 28.9 Å². The molecule has 0 saturated carbocycles. The Kier molecular flexibility index (Phi) is 9.64. The van der Waals surface area contributed by atoms with Gasteiger partial charge in [0.2, 0.25) is 5.88 Å². The molecule has 1 aromatic heterocycles. The van der Waals surface area contributed by atoms with Gasteiger partial charge >= 0.3 is 25.0 Å². The normalized spacial score (nSPS) is 13.5. The third-order valence-corrected chi connectivity index (χ3v) is 4.77. The molecule has 0 saturated heterocycles. The van der Waals surface area contributed by atoms with Crippen LogP contribution in [0.1, 0.15) is 12.0 Å². The third-order valence-electron chi connectivity index (χ3n) is 3.64. The minimum absolute atomic E-state index is 0.0390. The molecule has 0 fully saturated rings. The van der Waals surface area contributed by atoms with Crippen LogP contribution in [0.25, 0.3) is 0 Å². The van der Waals surface area contributed by atoms with E-state index in [9.17, 15) is 39.5 Å². The van der Waals surface area contributed by atoms with Crippen molar-refractivity contribution in [2.24, 2.45) is 0 Å². The maximum absolute atomic E-state index is 13.5. The maximum atomic E-state index is 13.5. The Morgan fingerprint density at radius 1 is 0.914 bits per heavy atom. The molecule has 1 aromatic carbocycles. The van der Waals surface area contributed by atoms with E-state index in [0.29, 0.717) is 18.3 Å². The number of halogens is 12. The van der Waals surface area contributed by atoms with Crippen LogP contribution in [0.5, 0.6) is 17.4 Å². The first-order valence-electron chi connectivity index (χ1n) is 8.92. The largest absolute Gasteiger partial charge is 0.525 e. The smallest absolute Gasteiger partial charge is 0.490 e. The summed E-state index contributed by atoms with van der Waals surface area (Å²) in [5.41, 5.74) is -0.982. The van der Waals surface area contributed by atoms with Gasteiger partial charge in [-0.25, -0.2) is 14.1 Å². The Balaban J connectivity index is 1.91. The van der Waals surface area contributed by atoms with Crippen LogP contribution in [0.4, 0.5) is 39.5 Å². The Labute approximate surface area is 209 Å². The maximum Gasteiger partial charge on any atom is 0.525 e. The fourth-order valence-electron chi connectivity index (χ4n) is 2.21. The second-order valence-electron chi connectivity index (χ2n) is 6.32. The summed E-state index contributed by atoms with van der Waals surface area (Å²) in [6.45, 7) is -0.198. The van der Waals surface area contributed by atoms with Crippen molar-refractivity contribution in [3.63, 3.8) is 0 Å². The first kappa shape index (κ1) is 29.4. The molecule has 2 aromatic rings. The van der Waals surface area contributed by atoms with Gasteiger partial charge in [0.25, 0.3) is 0 Å². The second-order valence-corrected chi connectivity index (χ2v) is 7.99. The highest BCUT2D eigenvalue weighted by molar-refractivity contribution is 9.10. The topological polar surface area (TPSA) is 49.8 Å². The van der Waals surface area contributed by atoms with Crippen molar-refractivity contribution in [3.8, 4) is 17.4 Å². The molecule has 0 radical (unpaired) electrons. The number of nitrogens with zero attached hydrogens (tertiary/aromatic N) is 1. The molecule has 0 spiro atoms. The fraction of sp³-hybridized carbons (Fsp3) is 0.389. The monoisotopic (exact) mass is 625 g/mol. The summed E-state index contributed by atoms with van der Waals surface area (Å²) in [5.74, 6) is -1.22. The molecule has 5 nitrogen and oxygen atoms in total. The molecule has 0 N–H and O–H groups in total. The molecular formula is C18H11BrCl2F9NO4. The molecule has 0 bridgehead atoms. The van der Waals surface area contributed by atoms with E-state index in [1.165, 1.54) is 0 Å². The molecular weight excluding hydrogens is 616 g/mol. The number of aromatic nitrogens is 1. The number of alkyl halides is 9. The molecule has 1 unspecified atom stereocenters. The number of hydrogen-bond acceptors (Lipinski definition) is 5. The molecule has 1 heterocycles. The van der Waals surface area contributed by atoms with Crippen molar-refractivity contribution in [1.29, 1.82) is 0 Å². The Morgan fingerprint density at radius 3 is 2.00 bits per heavy atom. The lowest BCUT2D eigenvalue weighted by Gasteiger charge is -2.22. The predicted molar refractivity (Wildman–Crippen MR) is 107 cm³/mol. The lowest BCUT2D eigenvalue weighted by atomic mass is 10.3. The van der Waals surface area contributed by atoms with Crippen LogP contribution >= 0.6 is 39.1 Å². The van der Waals surface area contributed by atoms with Gasteiger partial charge in [-0.2, -0.15) is 22.0 Å². The summed E-state index contributed by atoms with van der Waals surface area (Å²) < 4.78 is 131. The van der Waals surface area contributed by atoms with Crippen molar-refractivity contribution in [2.45, 2.75) is 31.4 Å². The number of pyridine rings is 1. The molecule has 1 atom stereocenters. The van der Waals surface area contributed by atoms with Gasteiger partial charge in [0.15, 0.2) is 5.75 Å². The third kappa shape index (κ3) is 8.95. The molecule has 0 aliphatic rings. The van der Waals surface area contributed by atoms with Crippen molar-refractivity contribution in [3.05, 3.63) is 44.5 Å². The van der Waals surface area contributed by atoms with E-state index in [-0.39, 0.29) is 35.7 Å². The number of ether oxygens (including phenoxy) is 4. The van der Waals surface area contributed by atoms with E-state index in [2.05, 4.69) is 30.4 Å². The van der Waals surface area contributed by atoms with Crippen molar-refractivity contribution >= 4 is 39.1 Å². The quantitative estimate of drug-likeness (QED) is 0.199. The summed E-state index contributed by atoms with van der Waals surface area (Å²) in [6.07, 6.45) is -18.7. The molecule has 17 heteroatoms. The minimum atomic E-state index is -5.68. The number of rotatable bonds is 10. The standard InChI is InChI=1S/C18H11BrCl2F9NO4/c19-10-4-8(16(23,24)25)7-31-14(10)33-3-1-2-32-13-11(20)5-9(6-12(13)21)34-17(26,27)15(22)35-18(28,29)30/h4-7,15H,1-3H2. The summed E-state index contributed by atoms with van der Waals surface area (Å²) in [5, 5.41) is -0.799. The Hall–Kier alpha value is -1.84. The first-order chi connectivity index (χ1) is 16.0. The van der Waals surface area contributed by atoms with Gasteiger partial charge in [-0.15, -0.1) is 13.2 Å². The van der Waals surface area contributed by atoms with Gasteiger partial charge in [-0.3, -0.25) is 0 Å². The molecule has 0 aliphatic heterocycles. The van der Waals surface area contributed by atoms with Gasteiger partial charge in [0.05, 0.1) is 33.3 Å².